The topological polar surface area (TPSA) is 9.23 Å². The normalized spacial score (nSPS) is 11.2. The molecule has 6 heteroatoms. The molecule has 0 heterocycles. The quantitative estimate of drug-likeness (QED) is 0.710. The van der Waals surface area contributed by atoms with E-state index in [-0.39, 0.29) is 57.1 Å². The molecule has 1 aromatic rings. The molecule has 0 spiro atoms. The van der Waals surface area contributed by atoms with Crippen molar-refractivity contribution in [3.8, 4) is 5.75 Å². The molecule has 1 aromatic carbocycles. The van der Waals surface area contributed by atoms with E-state index in [0.717, 1.165) is 0 Å². The standard InChI is InChI=1S/C10H11BF3O.K/c1-2-5-9-6-3-4-7-10(9)15-8-11(12,13)14;/h2-7H,8H2,1H3;/q-1;+1. The molecule has 0 aliphatic carbocycles. The average molecular weight is 254 g/mol. The van der Waals surface area contributed by atoms with E-state index in [1.54, 1.807) is 37.3 Å². The molecule has 16 heavy (non-hydrogen) atoms. The Morgan fingerprint density at radius 2 is 1.88 bits per heavy atom. The van der Waals surface area contributed by atoms with E-state index in [1.165, 1.54) is 6.07 Å². The van der Waals surface area contributed by atoms with E-state index in [1.807, 2.05) is 0 Å². The van der Waals surface area contributed by atoms with E-state index in [9.17, 15) is 12.9 Å². The smallest absolute Gasteiger partial charge is 0.521 e. The number of ether oxygens (including phenoxy) is 1. The second kappa shape index (κ2) is 7.55. The third kappa shape index (κ3) is 6.10. The number of benzene rings is 1. The van der Waals surface area contributed by atoms with Crippen LogP contribution in [-0.2, 0) is 0 Å². The zero-order chi connectivity index (χ0) is 11.3. The second-order valence-corrected chi connectivity index (χ2v) is 3.06. The molecule has 0 amide bonds. The van der Waals surface area contributed by atoms with Crippen molar-refractivity contribution in [1.82, 2.24) is 0 Å². The van der Waals surface area contributed by atoms with Gasteiger partial charge in [0.15, 0.2) is 0 Å². The van der Waals surface area contributed by atoms with E-state index >= 15 is 0 Å². The molecule has 0 fully saturated rings. The molecule has 0 atom stereocenters. The number of allylic oxidation sites excluding steroid dienone is 1. The zero-order valence-electron chi connectivity index (χ0n) is 9.29. The first kappa shape index (κ1) is 16.3. The van der Waals surface area contributed by atoms with Crippen LogP contribution < -0.4 is 56.1 Å². The predicted molar refractivity (Wildman–Crippen MR) is 55.7 cm³/mol. The van der Waals surface area contributed by atoms with Crippen molar-refractivity contribution in [2.45, 2.75) is 6.92 Å². The monoisotopic (exact) mass is 254 g/mol. The van der Waals surface area contributed by atoms with Crippen molar-refractivity contribution >= 4 is 13.1 Å². The number of rotatable bonds is 4. The van der Waals surface area contributed by atoms with Gasteiger partial charge in [-0.25, -0.2) is 0 Å². The van der Waals surface area contributed by atoms with Crippen LogP contribution in [0.3, 0.4) is 0 Å². The summed E-state index contributed by atoms with van der Waals surface area (Å²) >= 11 is 0. The van der Waals surface area contributed by atoms with Crippen LogP contribution in [0.1, 0.15) is 12.5 Å². The van der Waals surface area contributed by atoms with Gasteiger partial charge in [-0.3, -0.25) is 0 Å². The molecule has 1 rings (SSSR count). The summed E-state index contributed by atoms with van der Waals surface area (Å²) in [6.45, 7) is -4.30. The molecular formula is C10H11BF3KO. The largest absolute Gasteiger partial charge is 1.00 e. The predicted octanol–water partition coefficient (Wildman–Crippen LogP) is 0.489. The Labute approximate surface area is 136 Å². The minimum absolute atomic E-state index is 0. The number of halogens is 3. The van der Waals surface area contributed by atoms with Gasteiger partial charge < -0.3 is 17.7 Å². The molecule has 0 N–H and O–H groups in total. The van der Waals surface area contributed by atoms with Crippen molar-refractivity contribution < 1.29 is 69.1 Å². The van der Waals surface area contributed by atoms with Crippen LogP contribution in [0.2, 0.25) is 0 Å². The van der Waals surface area contributed by atoms with E-state index in [0.29, 0.717) is 5.56 Å². The van der Waals surface area contributed by atoms with Crippen LogP contribution in [-0.4, -0.2) is 13.5 Å². The minimum Gasteiger partial charge on any atom is -0.521 e. The summed E-state index contributed by atoms with van der Waals surface area (Å²) in [4.78, 5) is 0. The summed E-state index contributed by atoms with van der Waals surface area (Å²) in [5.41, 5.74) is 0.653. The van der Waals surface area contributed by atoms with Gasteiger partial charge >= 0.3 is 58.4 Å². The molecule has 0 saturated carbocycles. The molecule has 1 nitrogen and oxygen atoms in total. The number of hydrogen-bond acceptors (Lipinski definition) is 1. The van der Waals surface area contributed by atoms with Gasteiger partial charge in [0.05, 0.1) is 6.51 Å². The first-order valence-corrected chi connectivity index (χ1v) is 4.58. The molecule has 0 aliphatic heterocycles. The van der Waals surface area contributed by atoms with Gasteiger partial charge in [-0.2, -0.15) is 0 Å². The van der Waals surface area contributed by atoms with Crippen LogP contribution in [0.4, 0.5) is 12.9 Å². The first-order chi connectivity index (χ1) is 7.03. The summed E-state index contributed by atoms with van der Waals surface area (Å²) in [5, 5.41) is 0. The van der Waals surface area contributed by atoms with Crippen molar-refractivity contribution in [3.05, 3.63) is 35.9 Å². The fraction of sp³-hybridized carbons (Fsp3) is 0.200. The summed E-state index contributed by atoms with van der Waals surface area (Å²) in [5.74, 6) is 0.259. The molecule has 0 bridgehead atoms. The van der Waals surface area contributed by atoms with Gasteiger partial charge in [-0.1, -0.05) is 30.4 Å². The number of para-hydroxylation sites is 1. The Balaban J connectivity index is 0.00000225. The molecular weight excluding hydrogens is 243 g/mol. The first-order valence-electron chi connectivity index (χ1n) is 4.58. The van der Waals surface area contributed by atoms with Crippen LogP contribution in [0, 0.1) is 0 Å². The molecule has 0 radical (unpaired) electrons. The van der Waals surface area contributed by atoms with Gasteiger partial charge in [-0.05, 0) is 13.0 Å². The van der Waals surface area contributed by atoms with Gasteiger partial charge in [0.25, 0.3) is 0 Å². The second-order valence-electron chi connectivity index (χ2n) is 3.06. The van der Waals surface area contributed by atoms with Crippen LogP contribution in [0.5, 0.6) is 5.75 Å². The summed E-state index contributed by atoms with van der Waals surface area (Å²) < 4.78 is 40.6. The molecule has 0 saturated heterocycles. The maximum Gasteiger partial charge on any atom is 1.00 e. The molecule has 0 aromatic heterocycles. The maximum atomic E-state index is 12.0. The van der Waals surface area contributed by atoms with Gasteiger partial charge in [0, 0.05) is 5.56 Å². The van der Waals surface area contributed by atoms with Crippen LogP contribution >= 0.6 is 0 Å². The van der Waals surface area contributed by atoms with E-state index in [2.05, 4.69) is 0 Å². The minimum atomic E-state index is -4.90. The third-order valence-corrected chi connectivity index (χ3v) is 1.69. The fourth-order valence-electron chi connectivity index (χ4n) is 1.11. The average Bonchev–Trinajstić information content (AvgIpc) is 2.16. The molecule has 0 aliphatic rings. The van der Waals surface area contributed by atoms with E-state index in [4.69, 9.17) is 4.74 Å². The van der Waals surface area contributed by atoms with Crippen molar-refractivity contribution in [2.75, 3.05) is 6.51 Å². The molecule has 0 unspecified atom stereocenters. The van der Waals surface area contributed by atoms with Gasteiger partial charge in [0.2, 0.25) is 0 Å². The summed E-state index contributed by atoms with van der Waals surface area (Å²) in [7, 11) is 0. The van der Waals surface area contributed by atoms with Gasteiger partial charge in [-0.15, -0.1) is 0 Å². The van der Waals surface area contributed by atoms with Crippen LogP contribution in [0.25, 0.3) is 6.08 Å². The Morgan fingerprint density at radius 3 is 2.44 bits per heavy atom. The Hall–Kier alpha value is 0.251. The maximum absolute atomic E-state index is 12.0. The summed E-state index contributed by atoms with van der Waals surface area (Å²) in [6.07, 6.45) is 3.46. The number of hydrogen-bond donors (Lipinski definition) is 0. The SMILES string of the molecule is CC=Cc1ccccc1OC[B-](F)(F)F.[K+]. The fourth-order valence-corrected chi connectivity index (χ4v) is 1.11. The Morgan fingerprint density at radius 1 is 1.25 bits per heavy atom. The molecule has 82 valence electrons. The van der Waals surface area contributed by atoms with Gasteiger partial charge in [0.1, 0.15) is 5.75 Å². The van der Waals surface area contributed by atoms with Crippen molar-refractivity contribution in [1.29, 1.82) is 0 Å². The summed E-state index contributed by atoms with van der Waals surface area (Å²) in [6, 6.07) is 6.63. The van der Waals surface area contributed by atoms with E-state index < -0.39 is 13.5 Å². The van der Waals surface area contributed by atoms with Crippen molar-refractivity contribution in [2.24, 2.45) is 0 Å². The zero-order valence-corrected chi connectivity index (χ0v) is 12.4. The Kier molecular flexibility index (Phi) is 7.67. The van der Waals surface area contributed by atoms with Crippen LogP contribution in [0.15, 0.2) is 30.3 Å². The van der Waals surface area contributed by atoms with Crippen molar-refractivity contribution in [3.63, 3.8) is 0 Å². The Bertz CT molecular complexity index is 352. The third-order valence-electron chi connectivity index (χ3n) is 1.69.